The van der Waals surface area contributed by atoms with Gasteiger partial charge in [-0.25, -0.2) is 0 Å². The van der Waals surface area contributed by atoms with E-state index in [1.165, 1.54) is 4.88 Å². The molecule has 0 unspecified atom stereocenters. The van der Waals surface area contributed by atoms with E-state index >= 15 is 0 Å². The van der Waals surface area contributed by atoms with Crippen LogP contribution in [0.4, 0.5) is 0 Å². The number of aliphatic imine (C=N–C) groups is 1. The minimum atomic E-state index is 0.591. The van der Waals surface area contributed by atoms with Crippen molar-refractivity contribution in [2.75, 3.05) is 6.54 Å². The van der Waals surface area contributed by atoms with Gasteiger partial charge >= 0.3 is 0 Å². The lowest BCUT2D eigenvalue weighted by atomic mass is 10.2. The zero-order valence-electron chi connectivity index (χ0n) is 9.27. The average Bonchev–Trinajstić information content (AvgIpc) is 2.76. The van der Waals surface area contributed by atoms with Crippen LogP contribution in [0.15, 0.2) is 47.5 Å². The summed E-state index contributed by atoms with van der Waals surface area (Å²) in [5.41, 5.74) is 6.86. The molecule has 0 bridgehead atoms. The first kappa shape index (κ1) is 12.1. The Morgan fingerprint density at radius 3 is 2.59 bits per heavy atom. The van der Waals surface area contributed by atoms with Crippen LogP contribution in [0.3, 0.4) is 0 Å². The molecule has 0 aliphatic heterocycles. The topological polar surface area (TPSA) is 38.4 Å². The highest BCUT2D eigenvalue weighted by Crippen LogP contribution is 2.21. The molecule has 0 saturated carbocycles. The third-order valence-corrected chi connectivity index (χ3v) is 3.63. The lowest BCUT2D eigenvalue weighted by Crippen LogP contribution is -2.14. The largest absolute Gasteiger partial charge is 0.384 e. The molecular weight excluding hydrogens is 252 g/mol. The Hall–Kier alpha value is -1.32. The van der Waals surface area contributed by atoms with E-state index in [0.717, 1.165) is 16.3 Å². The van der Waals surface area contributed by atoms with Crippen molar-refractivity contribution in [3.63, 3.8) is 0 Å². The minimum Gasteiger partial charge on any atom is -0.384 e. The maximum absolute atomic E-state index is 5.89. The van der Waals surface area contributed by atoms with Gasteiger partial charge in [0.25, 0.3) is 0 Å². The molecule has 2 nitrogen and oxygen atoms in total. The van der Waals surface area contributed by atoms with Crippen molar-refractivity contribution in [1.82, 2.24) is 0 Å². The van der Waals surface area contributed by atoms with Gasteiger partial charge in [0, 0.05) is 23.4 Å². The molecule has 2 aromatic rings. The molecule has 1 aromatic carbocycles. The van der Waals surface area contributed by atoms with Gasteiger partial charge in [-0.1, -0.05) is 41.9 Å². The van der Waals surface area contributed by atoms with E-state index < -0.39 is 0 Å². The van der Waals surface area contributed by atoms with Crippen molar-refractivity contribution in [1.29, 1.82) is 0 Å². The fourth-order valence-corrected chi connectivity index (χ4v) is 2.55. The van der Waals surface area contributed by atoms with Gasteiger partial charge in [-0.3, -0.25) is 4.99 Å². The summed E-state index contributed by atoms with van der Waals surface area (Å²) in [6.07, 6.45) is 0.880. The molecule has 2 N–H and O–H groups in total. The molecule has 0 radical (unpaired) electrons. The van der Waals surface area contributed by atoms with Gasteiger partial charge < -0.3 is 5.73 Å². The number of amidine groups is 1. The molecule has 0 saturated heterocycles. The summed E-state index contributed by atoms with van der Waals surface area (Å²) in [5, 5.41) is 0. The van der Waals surface area contributed by atoms with Gasteiger partial charge in [0.1, 0.15) is 5.84 Å². The Kier molecular flexibility index (Phi) is 4.18. The predicted octanol–water partition coefficient (Wildman–Crippen LogP) is 3.35. The van der Waals surface area contributed by atoms with Crippen molar-refractivity contribution in [3.8, 4) is 0 Å². The van der Waals surface area contributed by atoms with E-state index in [4.69, 9.17) is 17.3 Å². The zero-order chi connectivity index (χ0) is 12.1. The first-order valence-electron chi connectivity index (χ1n) is 5.35. The second kappa shape index (κ2) is 5.84. The molecule has 1 heterocycles. The summed E-state index contributed by atoms with van der Waals surface area (Å²) in [4.78, 5) is 5.59. The zero-order valence-corrected chi connectivity index (χ0v) is 10.8. The Morgan fingerprint density at radius 1 is 1.18 bits per heavy atom. The normalized spacial score (nSPS) is 11.7. The summed E-state index contributed by atoms with van der Waals surface area (Å²) in [6, 6.07) is 13.7. The number of nitrogens with two attached hydrogens (primary N) is 1. The highest BCUT2D eigenvalue weighted by atomic mass is 35.5. The van der Waals surface area contributed by atoms with Crippen LogP contribution in [0.2, 0.25) is 4.34 Å². The standard InChI is InChI=1S/C13H13ClN2S/c14-12-7-6-11(17-12)8-9-16-13(15)10-4-2-1-3-5-10/h1-7H,8-9H2,(H2,15,16). The molecule has 0 spiro atoms. The van der Waals surface area contributed by atoms with E-state index in [2.05, 4.69) is 4.99 Å². The third-order valence-electron chi connectivity index (χ3n) is 2.34. The first-order valence-corrected chi connectivity index (χ1v) is 6.55. The second-order valence-electron chi connectivity index (χ2n) is 3.59. The van der Waals surface area contributed by atoms with Crippen molar-refractivity contribution in [2.45, 2.75) is 6.42 Å². The number of thiophene rings is 1. The predicted molar refractivity (Wildman–Crippen MR) is 75.1 cm³/mol. The lowest BCUT2D eigenvalue weighted by molar-refractivity contribution is 0.985. The van der Waals surface area contributed by atoms with Gasteiger partial charge in [-0.15, -0.1) is 11.3 Å². The summed E-state index contributed by atoms with van der Waals surface area (Å²) in [6.45, 7) is 0.692. The van der Waals surface area contributed by atoms with Crippen LogP contribution in [0.5, 0.6) is 0 Å². The fourth-order valence-electron chi connectivity index (χ4n) is 1.47. The second-order valence-corrected chi connectivity index (χ2v) is 5.39. The molecule has 17 heavy (non-hydrogen) atoms. The molecule has 0 atom stereocenters. The monoisotopic (exact) mass is 264 g/mol. The number of benzene rings is 1. The number of nitrogens with zero attached hydrogens (tertiary/aromatic N) is 1. The molecule has 1 aromatic heterocycles. The molecule has 0 aliphatic carbocycles. The Labute approximate surface area is 110 Å². The highest BCUT2D eigenvalue weighted by Gasteiger charge is 1.99. The number of hydrogen-bond acceptors (Lipinski definition) is 2. The van der Waals surface area contributed by atoms with E-state index in [-0.39, 0.29) is 0 Å². The smallest absolute Gasteiger partial charge is 0.125 e. The van der Waals surface area contributed by atoms with Crippen LogP contribution in [0, 0.1) is 0 Å². The first-order chi connectivity index (χ1) is 8.25. The molecule has 0 aliphatic rings. The Bertz CT molecular complexity index is 505. The maximum atomic E-state index is 5.89. The van der Waals surface area contributed by atoms with Crippen LogP contribution < -0.4 is 5.73 Å². The molecule has 2 rings (SSSR count). The van der Waals surface area contributed by atoms with Crippen LogP contribution >= 0.6 is 22.9 Å². The molecule has 0 amide bonds. The van der Waals surface area contributed by atoms with Gasteiger partial charge in [-0.2, -0.15) is 0 Å². The number of rotatable bonds is 4. The molecular formula is C13H13ClN2S. The van der Waals surface area contributed by atoms with Crippen LogP contribution in [0.25, 0.3) is 0 Å². The van der Waals surface area contributed by atoms with E-state index in [1.807, 2.05) is 42.5 Å². The van der Waals surface area contributed by atoms with Gasteiger partial charge in [0.2, 0.25) is 0 Å². The van der Waals surface area contributed by atoms with Crippen LogP contribution in [-0.4, -0.2) is 12.4 Å². The molecule has 0 fully saturated rings. The Morgan fingerprint density at radius 2 is 1.94 bits per heavy atom. The SMILES string of the molecule is NC(=NCCc1ccc(Cl)s1)c1ccccc1. The summed E-state index contributed by atoms with van der Waals surface area (Å²) in [7, 11) is 0. The Balaban J connectivity index is 1.93. The summed E-state index contributed by atoms with van der Waals surface area (Å²) < 4.78 is 0.819. The van der Waals surface area contributed by atoms with E-state index in [0.29, 0.717) is 12.4 Å². The number of halogens is 1. The van der Waals surface area contributed by atoms with Crippen LogP contribution in [-0.2, 0) is 6.42 Å². The van der Waals surface area contributed by atoms with Crippen molar-refractivity contribution < 1.29 is 0 Å². The van der Waals surface area contributed by atoms with Gasteiger partial charge in [0.05, 0.1) is 4.34 Å². The lowest BCUT2D eigenvalue weighted by Gasteiger charge is -2.00. The highest BCUT2D eigenvalue weighted by molar-refractivity contribution is 7.16. The van der Waals surface area contributed by atoms with Gasteiger partial charge in [-0.05, 0) is 12.1 Å². The fraction of sp³-hybridized carbons (Fsp3) is 0.154. The van der Waals surface area contributed by atoms with Crippen molar-refractivity contribution in [3.05, 3.63) is 57.2 Å². The molecule has 88 valence electrons. The van der Waals surface area contributed by atoms with Crippen molar-refractivity contribution in [2.24, 2.45) is 10.7 Å². The maximum Gasteiger partial charge on any atom is 0.125 e. The molecule has 4 heteroatoms. The minimum absolute atomic E-state index is 0.591. The average molecular weight is 265 g/mol. The third kappa shape index (κ3) is 3.58. The van der Waals surface area contributed by atoms with Crippen LogP contribution in [0.1, 0.15) is 10.4 Å². The summed E-state index contributed by atoms with van der Waals surface area (Å²) >= 11 is 7.45. The van der Waals surface area contributed by atoms with E-state index in [1.54, 1.807) is 11.3 Å². The van der Waals surface area contributed by atoms with E-state index in [9.17, 15) is 0 Å². The summed E-state index contributed by atoms with van der Waals surface area (Å²) in [5.74, 6) is 0.591. The number of hydrogen-bond donors (Lipinski definition) is 1. The van der Waals surface area contributed by atoms with Crippen molar-refractivity contribution >= 4 is 28.8 Å². The quantitative estimate of drug-likeness (QED) is 0.668. The van der Waals surface area contributed by atoms with Gasteiger partial charge in [0.15, 0.2) is 0 Å².